The van der Waals surface area contributed by atoms with Gasteiger partial charge in [-0.1, -0.05) is 59.9 Å². The molecule has 0 saturated heterocycles. The zero-order chi connectivity index (χ0) is 23.5. The van der Waals surface area contributed by atoms with Gasteiger partial charge in [0.05, 0.1) is 29.0 Å². The Hall–Kier alpha value is -3.42. The van der Waals surface area contributed by atoms with Crippen LogP contribution in [-0.4, -0.2) is 24.3 Å². The number of hydrogen-bond acceptors (Lipinski definition) is 6. The van der Waals surface area contributed by atoms with E-state index in [1.807, 2.05) is 24.3 Å². The molecule has 3 aromatic rings. The minimum absolute atomic E-state index is 0.0614. The zero-order valence-electron chi connectivity index (χ0n) is 18.1. The van der Waals surface area contributed by atoms with Gasteiger partial charge in [-0.05, 0) is 48.4 Å². The quantitative estimate of drug-likeness (QED) is 0.399. The number of esters is 1. The highest BCUT2D eigenvalue weighted by Crippen LogP contribution is 2.31. The molecule has 4 rings (SSSR count). The van der Waals surface area contributed by atoms with E-state index >= 15 is 0 Å². The van der Waals surface area contributed by atoms with Crippen LogP contribution in [0.1, 0.15) is 24.1 Å². The van der Waals surface area contributed by atoms with Gasteiger partial charge in [-0.2, -0.15) is 0 Å². The highest BCUT2D eigenvalue weighted by Gasteiger charge is 2.33. The number of thiazole rings is 1. The number of benzene rings is 2. The number of hydrogen-bond donors (Lipinski definition) is 0. The molecule has 2 heterocycles. The molecule has 0 aliphatic carbocycles. The van der Waals surface area contributed by atoms with Gasteiger partial charge < -0.3 is 9.47 Å². The topological polar surface area (TPSA) is 69.9 Å². The molecular weight excluding hydrogens is 460 g/mol. The Kier molecular flexibility index (Phi) is 6.62. The lowest BCUT2D eigenvalue weighted by molar-refractivity contribution is -0.138. The van der Waals surface area contributed by atoms with Crippen LogP contribution in [-0.2, 0) is 9.53 Å². The third-order valence-corrected chi connectivity index (χ3v) is 6.41. The maximum absolute atomic E-state index is 13.5. The van der Waals surface area contributed by atoms with Crippen molar-refractivity contribution in [3.8, 4) is 5.75 Å². The van der Waals surface area contributed by atoms with Crippen molar-refractivity contribution in [3.05, 3.63) is 108 Å². The standard InChI is InChI=1S/C25H21ClN2O4S/c1-4-13-32-24(30)21-15(2)27-25-28(22(21)17-7-11-19(31-3)12-8-17)23(29)20(33-25)14-16-5-9-18(26)10-6-16/h4-12,14,22H,1,13H2,2-3H3/b20-14+/t22-/m0/s1. The van der Waals surface area contributed by atoms with Crippen LogP contribution < -0.4 is 19.6 Å². The molecule has 33 heavy (non-hydrogen) atoms. The molecule has 0 spiro atoms. The number of ether oxygens (including phenoxy) is 2. The summed E-state index contributed by atoms with van der Waals surface area (Å²) < 4.78 is 12.6. The predicted molar refractivity (Wildman–Crippen MR) is 129 cm³/mol. The summed E-state index contributed by atoms with van der Waals surface area (Å²) in [7, 11) is 1.58. The highest BCUT2D eigenvalue weighted by atomic mass is 35.5. The molecule has 1 aliphatic heterocycles. The SMILES string of the molecule is C=CCOC(=O)C1=C(C)N=c2s/c(=C/c3ccc(Cl)cc3)c(=O)n2[C@H]1c1ccc(OC)cc1. The molecule has 1 aromatic heterocycles. The molecule has 2 aromatic carbocycles. The number of aromatic nitrogens is 1. The zero-order valence-corrected chi connectivity index (χ0v) is 19.7. The van der Waals surface area contributed by atoms with E-state index in [0.29, 0.717) is 31.4 Å². The number of carbonyl (C=O) groups is 1. The van der Waals surface area contributed by atoms with Crippen LogP contribution in [0, 0.1) is 0 Å². The maximum Gasteiger partial charge on any atom is 0.338 e. The first-order chi connectivity index (χ1) is 15.9. The number of methoxy groups -OCH3 is 1. The average Bonchev–Trinajstić information content (AvgIpc) is 3.12. The number of allylic oxidation sites excluding steroid dienone is 1. The molecule has 0 fully saturated rings. The maximum atomic E-state index is 13.5. The van der Waals surface area contributed by atoms with Gasteiger partial charge in [0.2, 0.25) is 0 Å². The molecule has 168 valence electrons. The summed E-state index contributed by atoms with van der Waals surface area (Å²) >= 11 is 7.25. The summed E-state index contributed by atoms with van der Waals surface area (Å²) in [5.41, 5.74) is 2.16. The Labute approximate surface area is 199 Å². The van der Waals surface area contributed by atoms with Gasteiger partial charge in [0.1, 0.15) is 12.4 Å². The number of nitrogens with zero attached hydrogens (tertiary/aromatic N) is 2. The summed E-state index contributed by atoms with van der Waals surface area (Å²) in [5, 5.41) is 0.617. The van der Waals surface area contributed by atoms with Crippen molar-refractivity contribution in [3.63, 3.8) is 0 Å². The van der Waals surface area contributed by atoms with E-state index in [-0.39, 0.29) is 12.2 Å². The first-order valence-electron chi connectivity index (χ1n) is 10.1. The van der Waals surface area contributed by atoms with Crippen LogP contribution in [0.4, 0.5) is 0 Å². The fraction of sp³-hybridized carbons (Fsp3) is 0.160. The Balaban J connectivity index is 1.91. The fourth-order valence-electron chi connectivity index (χ4n) is 3.61. The van der Waals surface area contributed by atoms with Crippen LogP contribution in [0.2, 0.25) is 5.02 Å². The second-order valence-corrected chi connectivity index (χ2v) is 8.74. The molecule has 1 atom stereocenters. The van der Waals surface area contributed by atoms with E-state index in [4.69, 9.17) is 21.1 Å². The second-order valence-electron chi connectivity index (χ2n) is 7.29. The second kappa shape index (κ2) is 9.60. The summed E-state index contributed by atoms with van der Waals surface area (Å²) in [6.45, 7) is 5.40. The van der Waals surface area contributed by atoms with Gasteiger partial charge >= 0.3 is 5.97 Å². The van der Waals surface area contributed by atoms with Crippen LogP contribution in [0.5, 0.6) is 5.75 Å². The van der Waals surface area contributed by atoms with Gasteiger partial charge in [-0.3, -0.25) is 9.36 Å². The van der Waals surface area contributed by atoms with Crippen LogP contribution in [0.3, 0.4) is 0 Å². The van der Waals surface area contributed by atoms with Gasteiger partial charge in [0, 0.05) is 5.02 Å². The van der Waals surface area contributed by atoms with E-state index in [9.17, 15) is 9.59 Å². The molecule has 1 aliphatic rings. The molecular formula is C25H21ClN2O4S. The number of rotatable bonds is 6. The third kappa shape index (κ3) is 4.55. The average molecular weight is 481 g/mol. The first kappa shape index (κ1) is 22.8. The summed E-state index contributed by atoms with van der Waals surface area (Å²) in [6, 6.07) is 13.8. The van der Waals surface area contributed by atoms with Crippen molar-refractivity contribution >= 4 is 35.0 Å². The summed E-state index contributed by atoms with van der Waals surface area (Å²) in [5.74, 6) is 0.134. The van der Waals surface area contributed by atoms with Crippen molar-refractivity contribution in [2.75, 3.05) is 13.7 Å². The first-order valence-corrected chi connectivity index (χ1v) is 11.3. The predicted octanol–water partition coefficient (Wildman–Crippen LogP) is 3.63. The molecule has 0 saturated carbocycles. The molecule has 0 N–H and O–H groups in total. The van der Waals surface area contributed by atoms with E-state index in [0.717, 1.165) is 11.1 Å². The molecule has 0 unspecified atom stereocenters. The molecule has 0 amide bonds. The van der Waals surface area contributed by atoms with E-state index in [2.05, 4.69) is 11.6 Å². The van der Waals surface area contributed by atoms with Gasteiger partial charge in [0.25, 0.3) is 5.56 Å². The van der Waals surface area contributed by atoms with E-state index < -0.39 is 12.0 Å². The molecule has 6 nitrogen and oxygen atoms in total. The monoisotopic (exact) mass is 480 g/mol. The molecule has 0 radical (unpaired) electrons. The van der Waals surface area contributed by atoms with E-state index in [1.54, 1.807) is 48.9 Å². The summed E-state index contributed by atoms with van der Waals surface area (Å²) in [6.07, 6.45) is 3.29. The normalized spacial score (nSPS) is 15.6. The van der Waals surface area contributed by atoms with Gasteiger partial charge in [-0.15, -0.1) is 0 Å². The third-order valence-electron chi connectivity index (χ3n) is 5.17. The lowest BCUT2D eigenvalue weighted by atomic mass is 9.96. The number of carbonyl (C=O) groups excluding carboxylic acids is 1. The fourth-order valence-corrected chi connectivity index (χ4v) is 4.78. The Morgan fingerprint density at radius 3 is 2.55 bits per heavy atom. The number of halogens is 1. The largest absolute Gasteiger partial charge is 0.497 e. The Morgan fingerprint density at radius 1 is 1.21 bits per heavy atom. The number of fused-ring (bicyclic) bond motifs is 1. The van der Waals surface area contributed by atoms with Crippen molar-refractivity contribution in [1.82, 2.24) is 4.57 Å². The van der Waals surface area contributed by atoms with E-state index in [1.165, 1.54) is 17.4 Å². The minimum Gasteiger partial charge on any atom is -0.497 e. The molecule has 8 heteroatoms. The van der Waals surface area contributed by atoms with Crippen LogP contribution >= 0.6 is 22.9 Å². The smallest absolute Gasteiger partial charge is 0.338 e. The van der Waals surface area contributed by atoms with Gasteiger partial charge in [-0.25, -0.2) is 9.79 Å². The minimum atomic E-state index is -0.683. The van der Waals surface area contributed by atoms with Crippen molar-refractivity contribution in [2.24, 2.45) is 4.99 Å². The molecule has 0 bridgehead atoms. The lowest BCUT2D eigenvalue weighted by Gasteiger charge is -2.24. The lowest BCUT2D eigenvalue weighted by Crippen LogP contribution is -2.39. The van der Waals surface area contributed by atoms with Crippen molar-refractivity contribution < 1.29 is 14.3 Å². The van der Waals surface area contributed by atoms with Gasteiger partial charge in [0.15, 0.2) is 4.80 Å². The van der Waals surface area contributed by atoms with Crippen LogP contribution in [0.25, 0.3) is 6.08 Å². The Morgan fingerprint density at radius 2 is 1.91 bits per heavy atom. The van der Waals surface area contributed by atoms with Crippen molar-refractivity contribution in [2.45, 2.75) is 13.0 Å². The van der Waals surface area contributed by atoms with Crippen LogP contribution in [0.15, 0.2) is 82.2 Å². The Bertz CT molecular complexity index is 1420. The summed E-state index contributed by atoms with van der Waals surface area (Å²) in [4.78, 5) is 31.6. The highest BCUT2D eigenvalue weighted by molar-refractivity contribution is 7.07. The van der Waals surface area contributed by atoms with Crippen molar-refractivity contribution in [1.29, 1.82) is 0 Å².